The molecule has 5 nitrogen and oxygen atoms in total. The van der Waals surface area contributed by atoms with E-state index in [1.807, 2.05) is 61.5 Å². The number of carbonyl (C=O) groups is 2. The lowest BCUT2D eigenvalue weighted by molar-refractivity contribution is -0.114. The molecular formula is C26H23N3O2S. The van der Waals surface area contributed by atoms with E-state index in [9.17, 15) is 9.59 Å². The van der Waals surface area contributed by atoms with Crippen LogP contribution in [0.2, 0.25) is 0 Å². The van der Waals surface area contributed by atoms with E-state index in [0.717, 1.165) is 41.9 Å². The van der Waals surface area contributed by atoms with E-state index in [2.05, 4.69) is 10.4 Å². The molecule has 2 aromatic carbocycles. The second-order valence-electron chi connectivity index (χ2n) is 7.97. The van der Waals surface area contributed by atoms with Gasteiger partial charge >= 0.3 is 0 Å². The third kappa shape index (κ3) is 3.78. The van der Waals surface area contributed by atoms with Crippen LogP contribution in [0.15, 0.2) is 71.3 Å². The fourth-order valence-corrected chi connectivity index (χ4v) is 5.44. The number of aryl methyl sites for hydroxylation is 1. The van der Waals surface area contributed by atoms with Gasteiger partial charge in [-0.2, -0.15) is 10.1 Å². The Morgan fingerprint density at radius 1 is 1.03 bits per heavy atom. The van der Waals surface area contributed by atoms with E-state index in [4.69, 9.17) is 0 Å². The highest BCUT2D eigenvalue weighted by atomic mass is 32.1. The molecule has 1 N–H and O–H groups in total. The topological polar surface area (TPSA) is 61.8 Å². The Bertz CT molecular complexity index is 1240. The number of benzene rings is 2. The lowest BCUT2D eigenvalue weighted by atomic mass is 9.94. The molecule has 5 rings (SSSR count). The molecule has 1 aliphatic carbocycles. The Morgan fingerprint density at radius 3 is 2.47 bits per heavy atom. The molecule has 2 aliphatic rings. The van der Waals surface area contributed by atoms with Crippen LogP contribution in [0, 0.1) is 0 Å². The zero-order chi connectivity index (χ0) is 22.1. The molecule has 6 heteroatoms. The van der Waals surface area contributed by atoms with Crippen LogP contribution in [0.4, 0.5) is 10.7 Å². The normalized spacial score (nSPS) is 16.8. The summed E-state index contributed by atoms with van der Waals surface area (Å²) in [6.45, 7) is 1.85. The molecule has 2 heterocycles. The molecule has 3 aromatic rings. The Hall–Kier alpha value is -3.51. The zero-order valence-corrected chi connectivity index (χ0v) is 18.6. The Kier molecular flexibility index (Phi) is 5.45. The number of thiophene rings is 1. The van der Waals surface area contributed by atoms with Crippen molar-refractivity contribution in [1.29, 1.82) is 0 Å². The number of para-hydroxylation sites is 1. The third-order valence-electron chi connectivity index (χ3n) is 5.83. The number of nitrogens with one attached hydrogen (secondary N) is 1. The average Bonchev–Trinajstić information content (AvgIpc) is 3.32. The van der Waals surface area contributed by atoms with Crippen molar-refractivity contribution in [2.24, 2.45) is 5.10 Å². The van der Waals surface area contributed by atoms with Crippen LogP contribution in [0.25, 0.3) is 6.08 Å². The van der Waals surface area contributed by atoms with E-state index in [-0.39, 0.29) is 11.8 Å². The monoisotopic (exact) mass is 441 g/mol. The van der Waals surface area contributed by atoms with Gasteiger partial charge in [0.25, 0.3) is 11.8 Å². The standard InChI is InChI=1S/C26H23N3O2S/c1-17-21(26(31)29(28-17)19-12-6-3-7-13-19)16-22-20-14-8-9-15-23(20)32-25(22)27-24(30)18-10-4-2-5-11-18/h2-7,10-13,16H,8-9,14-15H2,1H3,(H,27,30). The maximum atomic E-state index is 13.2. The highest BCUT2D eigenvalue weighted by Gasteiger charge is 2.30. The summed E-state index contributed by atoms with van der Waals surface area (Å²) in [5.74, 6) is -0.289. The van der Waals surface area contributed by atoms with Crippen molar-refractivity contribution in [2.45, 2.75) is 32.6 Å². The number of hydrogen-bond acceptors (Lipinski definition) is 4. The Labute approximate surface area is 191 Å². The third-order valence-corrected chi connectivity index (χ3v) is 7.05. The van der Waals surface area contributed by atoms with Crippen molar-refractivity contribution in [3.05, 3.63) is 87.8 Å². The first-order valence-electron chi connectivity index (χ1n) is 10.8. The molecule has 0 unspecified atom stereocenters. The SMILES string of the molecule is CC1=NN(c2ccccc2)C(=O)C1=Cc1c(NC(=O)c2ccccc2)sc2c1CCCC2. The molecule has 160 valence electrons. The van der Waals surface area contributed by atoms with Gasteiger partial charge in [-0.3, -0.25) is 9.59 Å². The quantitative estimate of drug-likeness (QED) is 0.529. The predicted octanol–water partition coefficient (Wildman–Crippen LogP) is 5.69. The van der Waals surface area contributed by atoms with E-state index < -0.39 is 0 Å². The Morgan fingerprint density at radius 2 is 1.72 bits per heavy atom. The van der Waals surface area contributed by atoms with Crippen LogP contribution < -0.4 is 10.3 Å². The van der Waals surface area contributed by atoms with Gasteiger partial charge in [0.15, 0.2) is 0 Å². The van der Waals surface area contributed by atoms with Gasteiger partial charge in [0.1, 0.15) is 5.00 Å². The van der Waals surface area contributed by atoms with Gasteiger partial charge in [0.05, 0.1) is 17.0 Å². The maximum Gasteiger partial charge on any atom is 0.280 e. The van der Waals surface area contributed by atoms with Gasteiger partial charge in [-0.1, -0.05) is 36.4 Å². The van der Waals surface area contributed by atoms with Crippen LogP contribution in [-0.4, -0.2) is 17.5 Å². The summed E-state index contributed by atoms with van der Waals surface area (Å²) >= 11 is 1.63. The van der Waals surface area contributed by atoms with Crippen LogP contribution in [0.5, 0.6) is 0 Å². The number of amides is 2. The molecule has 32 heavy (non-hydrogen) atoms. The van der Waals surface area contributed by atoms with Crippen molar-refractivity contribution >= 4 is 45.6 Å². The minimum absolute atomic E-state index is 0.141. The van der Waals surface area contributed by atoms with Crippen molar-refractivity contribution < 1.29 is 9.59 Å². The fourth-order valence-electron chi connectivity index (χ4n) is 4.17. The van der Waals surface area contributed by atoms with Crippen LogP contribution in [0.3, 0.4) is 0 Å². The Balaban J connectivity index is 1.52. The highest BCUT2D eigenvalue weighted by Crippen LogP contribution is 2.40. The van der Waals surface area contributed by atoms with Gasteiger partial charge < -0.3 is 5.32 Å². The van der Waals surface area contributed by atoms with Gasteiger partial charge in [0.2, 0.25) is 0 Å². The van der Waals surface area contributed by atoms with E-state index in [1.54, 1.807) is 23.5 Å². The number of carbonyl (C=O) groups excluding carboxylic acids is 2. The molecule has 0 radical (unpaired) electrons. The number of fused-ring (bicyclic) bond motifs is 1. The number of rotatable bonds is 4. The van der Waals surface area contributed by atoms with Crippen molar-refractivity contribution in [3.8, 4) is 0 Å². The van der Waals surface area contributed by atoms with Crippen LogP contribution >= 0.6 is 11.3 Å². The number of hydrazone groups is 1. The largest absolute Gasteiger partial charge is 0.313 e. The van der Waals surface area contributed by atoms with E-state index in [0.29, 0.717) is 16.8 Å². The summed E-state index contributed by atoms with van der Waals surface area (Å²) in [6, 6.07) is 18.6. The van der Waals surface area contributed by atoms with Crippen molar-refractivity contribution in [2.75, 3.05) is 10.3 Å². The second kappa shape index (κ2) is 8.55. The average molecular weight is 442 g/mol. The molecule has 0 saturated carbocycles. The van der Waals surface area contributed by atoms with Gasteiger partial charge in [-0.25, -0.2) is 0 Å². The molecule has 0 atom stereocenters. The summed E-state index contributed by atoms with van der Waals surface area (Å²) < 4.78 is 0. The first kappa shape index (κ1) is 20.4. The first-order valence-corrected chi connectivity index (χ1v) is 11.6. The van der Waals surface area contributed by atoms with E-state index in [1.165, 1.54) is 15.4 Å². The van der Waals surface area contributed by atoms with Crippen LogP contribution in [0.1, 0.15) is 46.1 Å². The summed E-state index contributed by atoms with van der Waals surface area (Å²) in [4.78, 5) is 27.4. The van der Waals surface area contributed by atoms with Crippen molar-refractivity contribution in [1.82, 2.24) is 0 Å². The molecule has 0 bridgehead atoms. The highest BCUT2D eigenvalue weighted by molar-refractivity contribution is 7.16. The summed E-state index contributed by atoms with van der Waals surface area (Å²) in [6.07, 6.45) is 6.15. The minimum Gasteiger partial charge on any atom is -0.313 e. The molecule has 0 spiro atoms. The number of nitrogens with zero attached hydrogens (tertiary/aromatic N) is 2. The summed E-state index contributed by atoms with van der Waals surface area (Å²) in [7, 11) is 0. The summed E-state index contributed by atoms with van der Waals surface area (Å²) in [5, 5.41) is 9.85. The van der Waals surface area contributed by atoms with Crippen molar-refractivity contribution in [3.63, 3.8) is 0 Å². The van der Waals surface area contributed by atoms with Crippen LogP contribution in [-0.2, 0) is 17.6 Å². The minimum atomic E-state index is -0.148. The van der Waals surface area contributed by atoms with Gasteiger partial charge in [0, 0.05) is 16.0 Å². The maximum absolute atomic E-state index is 13.2. The second-order valence-corrected chi connectivity index (χ2v) is 9.07. The predicted molar refractivity (Wildman–Crippen MR) is 130 cm³/mol. The summed E-state index contributed by atoms with van der Waals surface area (Å²) in [5.41, 5.74) is 4.79. The lowest BCUT2D eigenvalue weighted by Gasteiger charge is -2.13. The zero-order valence-electron chi connectivity index (χ0n) is 17.8. The smallest absolute Gasteiger partial charge is 0.280 e. The molecular weight excluding hydrogens is 418 g/mol. The van der Waals surface area contributed by atoms with Gasteiger partial charge in [-0.05, 0) is 68.5 Å². The fraction of sp³-hybridized carbons (Fsp3) is 0.192. The molecule has 1 aromatic heterocycles. The molecule has 2 amide bonds. The first-order chi connectivity index (χ1) is 15.6. The molecule has 0 saturated heterocycles. The number of hydrogen-bond donors (Lipinski definition) is 1. The molecule has 1 aliphatic heterocycles. The lowest BCUT2D eigenvalue weighted by Crippen LogP contribution is -2.21. The van der Waals surface area contributed by atoms with E-state index >= 15 is 0 Å². The molecule has 0 fully saturated rings. The van der Waals surface area contributed by atoms with Gasteiger partial charge in [-0.15, -0.1) is 11.3 Å². The number of anilines is 2.